The molecule has 8 nitrogen and oxygen atoms in total. The first kappa shape index (κ1) is 21.4. The van der Waals surface area contributed by atoms with Crippen molar-refractivity contribution in [3.63, 3.8) is 0 Å². The summed E-state index contributed by atoms with van der Waals surface area (Å²) in [4.78, 5) is 30.5. The van der Waals surface area contributed by atoms with Gasteiger partial charge in [-0.2, -0.15) is 13.2 Å². The summed E-state index contributed by atoms with van der Waals surface area (Å²) < 4.78 is 52.0. The van der Waals surface area contributed by atoms with Crippen molar-refractivity contribution in [2.24, 2.45) is 5.92 Å². The molecule has 4 N–H and O–H groups in total. The SMILES string of the molecule is CC(C)[C@](C)(Nc1nc(-c2c[nH]c3nc[nH+]cc23)ncc1F)C(=O)NCC(F)(F)F. The van der Waals surface area contributed by atoms with E-state index in [0.29, 0.717) is 16.6 Å². The lowest BCUT2D eigenvalue weighted by molar-refractivity contribution is -0.380. The highest BCUT2D eigenvalue weighted by Gasteiger charge is 2.40. The van der Waals surface area contributed by atoms with Gasteiger partial charge in [0.25, 0.3) is 12.0 Å². The number of rotatable bonds is 6. The van der Waals surface area contributed by atoms with Gasteiger partial charge in [0.05, 0.1) is 17.1 Å². The molecule has 0 fully saturated rings. The van der Waals surface area contributed by atoms with E-state index in [0.717, 1.165) is 6.20 Å². The molecule has 12 heteroatoms. The quantitative estimate of drug-likeness (QED) is 0.525. The molecule has 0 aromatic carbocycles. The minimum absolute atomic E-state index is 0.147. The van der Waals surface area contributed by atoms with Crippen molar-refractivity contribution in [2.75, 3.05) is 11.9 Å². The lowest BCUT2D eigenvalue weighted by Crippen LogP contribution is -2.55. The highest BCUT2D eigenvalue weighted by atomic mass is 19.4. The first-order valence-corrected chi connectivity index (χ1v) is 9.00. The Bertz CT molecular complexity index is 1070. The van der Waals surface area contributed by atoms with Gasteiger partial charge in [-0.15, -0.1) is 0 Å². The Labute approximate surface area is 168 Å². The lowest BCUT2D eigenvalue weighted by atomic mass is 9.87. The largest absolute Gasteiger partial charge is 0.405 e. The molecule has 3 heterocycles. The number of halogens is 4. The number of nitrogens with zero attached hydrogens (tertiary/aromatic N) is 3. The van der Waals surface area contributed by atoms with Crippen LogP contribution >= 0.6 is 0 Å². The number of aromatic amines is 2. The third-order valence-corrected chi connectivity index (χ3v) is 4.83. The van der Waals surface area contributed by atoms with Crippen molar-refractivity contribution in [1.82, 2.24) is 25.3 Å². The smallest absolute Gasteiger partial charge is 0.353 e. The molecule has 0 aliphatic carbocycles. The van der Waals surface area contributed by atoms with Crippen LogP contribution in [0.25, 0.3) is 22.4 Å². The van der Waals surface area contributed by atoms with Crippen LogP contribution in [0.2, 0.25) is 0 Å². The second-order valence-corrected chi connectivity index (χ2v) is 7.20. The van der Waals surface area contributed by atoms with Crippen LogP contribution in [-0.2, 0) is 4.79 Å². The Morgan fingerprint density at radius 2 is 2.03 bits per heavy atom. The minimum atomic E-state index is -4.57. The molecule has 3 aromatic heterocycles. The number of hydrogen-bond acceptors (Lipinski definition) is 5. The maximum atomic E-state index is 14.4. The van der Waals surface area contributed by atoms with Gasteiger partial charge in [-0.25, -0.2) is 19.3 Å². The van der Waals surface area contributed by atoms with Crippen molar-refractivity contribution in [3.8, 4) is 11.4 Å². The molecule has 0 spiro atoms. The predicted octanol–water partition coefficient (Wildman–Crippen LogP) is 2.48. The van der Waals surface area contributed by atoms with Gasteiger partial charge >= 0.3 is 6.18 Å². The van der Waals surface area contributed by atoms with Crippen LogP contribution < -0.4 is 15.6 Å². The topological polar surface area (TPSA) is 110 Å². The number of nitrogens with one attached hydrogen (secondary N) is 4. The number of carbonyl (C=O) groups excluding carboxylic acids is 1. The summed E-state index contributed by atoms with van der Waals surface area (Å²) in [7, 11) is 0. The van der Waals surface area contributed by atoms with Crippen molar-refractivity contribution in [1.29, 1.82) is 0 Å². The maximum Gasteiger partial charge on any atom is 0.405 e. The Morgan fingerprint density at radius 3 is 2.70 bits per heavy atom. The Morgan fingerprint density at radius 1 is 1.30 bits per heavy atom. The third kappa shape index (κ3) is 4.31. The monoisotopic (exact) mass is 426 g/mol. The molecule has 0 aliphatic heterocycles. The number of aromatic nitrogens is 5. The number of alkyl halides is 3. The van der Waals surface area contributed by atoms with Crippen molar-refractivity contribution in [3.05, 3.63) is 30.7 Å². The first-order chi connectivity index (χ1) is 14.0. The van der Waals surface area contributed by atoms with E-state index in [1.807, 2.05) is 5.32 Å². The molecule has 3 rings (SSSR count). The van der Waals surface area contributed by atoms with Crippen LogP contribution in [0.3, 0.4) is 0 Å². The average Bonchev–Trinajstić information content (AvgIpc) is 3.11. The predicted molar refractivity (Wildman–Crippen MR) is 99.6 cm³/mol. The molecule has 0 saturated heterocycles. The summed E-state index contributed by atoms with van der Waals surface area (Å²) in [6.45, 7) is 3.14. The summed E-state index contributed by atoms with van der Waals surface area (Å²) in [6, 6.07) is 0. The van der Waals surface area contributed by atoms with Crippen LogP contribution in [-0.4, -0.2) is 44.1 Å². The van der Waals surface area contributed by atoms with E-state index in [2.05, 4.69) is 30.2 Å². The van der Waals surface area contributed by atoms with Crippen LogP contribution in [0.5, 0.6) is 0 Å². The molecule has 0 bridgehead atoms. The van der Waals surface area contributed by atoms with Crippen LogP contribution in [0, 0.1) is 11.7 Å². The zero-order chi connectivity index (χ0) is 22.1. The molecule has 0 saturated carbocycles. The fraction of sp³-hybridized carbons (Fsp3) is 0.389. The van der Waals surface area contributed by atoms with Crippen LogP contribution in [0.15, 0.2) is 24.9 Å². The van der Waals surface area contributed by atoms with Crippen molar-refractivity contribution in [2.45, 2.75) is 32.5 Å². The maximum absolute atomic E-state index is 14.4. The van der Waals surface area contributed by atoms with E-state index in [4.69, 9.17) is 0 Å². The van der Waals surface area contributed by atoms with Crippen molar-refractivity contribution >= 4 is 22.8 Å². The van der Waals surface area contributed by atoms with Crippen LogP contribution in [0.4, 0.5) is 23.4 Å². The molecular formula is C18H20F4N7O+. The van der Waals surface area contributed by atoms with Crippen molar-refractivity contribution < 1.29 is 27.3 Å². The van der Waals surface area contributed by atoms with Gasteiger partial charge in [-0.3, -0.25) is 4.79 Å². The summed E-state index contributed by atoms with van der Waals surface area (Å²) in [5.41, 5.74) is -0.470. The molecule has 1 amide bonds. The first-order valence-electron chi connectivity index (χ1n) is 9.00. The molecule has 160 valence electrons. The zero-order valence-corrected chi connectivity index (χ0v) is 16.4. The second-order valence-electron chi connectivity index (χ2n) is 7.20. The molecular weight excluding hydrogens is 406 g/mol. The van der Waals surface area contributed by atoms with Gasteiger partial charge in [-0.1, -0.05) is 13.8 Å². The molecule has 0 aliphatic rings. The molecule has 1 atom stereocenters. The number of anilines is 1. The summed E-state index contributed by atoms with van der Waals surface area (Å²) in [5, 5.41) is 5.17. The Hall–Kier alpha value is -3.31. The molecule has 0 radical (unpaired) electrons. The van der Waals surface area contributed by atoms with E-state index in [9.17, 15) is 22.4 Å². The van der Waals surface area contributed by atoms with E-state index >= 15 is 0 Å². The van der Waals surface area contributed by atoms with Gasteiger partial charge in [0, 0.05) is 6.20 Å². The average molecular weight is 426 g/mol. The zero-order valence-electron chi connectivity index (χ0n) is 16.4. The summed E-state index contributed by atoms with van der Waals surface area (Å²) >= 11 is 0. The fourth-order valence-electron chi connectivity index (χ4n) is 2.74. The number of amides is 1. The van der Waals surface area contributed by atoms with Gasteiger partial charge < -0.3 is 15.6 Å². The Balaban J connectivity index is 1.94. The third-order valence-electron chi connectivity index (χ3n) is 4.83. The summed E-state index contributed by atoms with van der Waals surface area (Å²) in [5.74, 6) is -2.43. The number of hydrogen-bond donors (Lipinski definition) is 3. The van der Waals surface area contributed by atoms with Crippen LogP contribution in [0.1, 0.15) is 20.8 Å². The summed E-state index contributed by atoms with van der Waals surface area (Å²) in [6.07, 6.45) is 1.10. The van der Waals surface area contributed by atoms with E-state index < -0.39 is 35.9 Å². The van der Waals surface area contributed by atoms with Gasteiger partial charge in [0.1, 0.15) is 18.3 Å². The lowest BCUT2D eigenvalue weighted by Gasteiger charge is -2.34. The second kappa shape index (κ2) is 7.84. The van der Waals surface area contributed by atoms with E-state index in [1.165, 1.54) is 13.3 Å². The standard InChI is InChI=1S/C18H19F4N7O/c1-9(2)17(3,16(30)26-7-18(20,21)22)29-15-12(19)6-25-14(28-15)11-5-24-13-10(11)4-23-8-27-13/h4-6,8-9H,7H2,1-3H3,(H,26,30)(H,23,24,27)(H,25,28,29)/p+1/t17-/m0/s1. The highest BCUT2D eigenvalue weighted by Crippen LogP contribution is 2.28. The normalized spacial score (nSPS) is 14.0. The number of H-pyrrole nitrogens is 2. The number of carbonyl (C=O) groups is 1. The van der Waals surface area contributed by atoms with Gasteiger partial charge in [0.15, 0.2) is 17.5 Å². The minimum Gasteiger partial charge on any atom is -0.353 e. The number of fused-ring (bicyclic) bond motifs is 1. The fourth-order valence-corrected chi connectivity index (χ4v) is 2.74. The van der Waals surface area contributed by atoms with Gasteiger partial charge in [-0.05, 0) is 17.8 Å². The van der Waals surface area contributed by atoms with Gasteiger partial charge in [0.2, 0.25) is 5.91 Å². The van der Waals surface area contributed by atoms with E-state index in [-0.39, 0.29) is 11.6 Å². The Kier molecular flexibility index (Phi) is 5.59. The van der Waals surface area contributed by atoms with E-state index in [1.54, 1.807) is 26.2 Å². The molecule has 30 heavy (non-hydrogen) atoms. The molecule has 3 aromatic rings. The molecule has 0 unspecified atom stereocenters. The highest BCUT2D eigenvalue weighted by molar-refractivity contribution is 5.91.